The molecule has 0 radical (unpaired) electrons. The van der Waals surface area contributed by atoms with E-state index in [4.69, 9.17) is 0 Å². The van der Waals surface area contributed by atoms with Crippen LogP contribution in [0.4, 0.5) is 0 Å². The zero-order chi connectivity index (χ0) is 8.97. The van der Waals surface area contributed by atoms with Crippen LogP contribution in [-0.4, -0.2) is 7.05 Å². The molecule has 0 spiro atoms. The van der Waals surface area contributed by atoms with E-state index in [1.807, 2.05) is 7.05 Å². The zero-order valence-corrected chi connectivity index (χ0v) is 8.82. The summed E-state index contributed by atoms with van der Waals surface area (Å²) in [6.07, 6.45) is 1.22. The molecule has 0 fully saturated rings. The minimum atomic E-state index is 0.538. The predicted octanol–water partition coefficient (Wildman–Crippen LogP) is 3.05. The first kappa shape index (κ1) is 9.75. The average molecular weight is 183 g/mol. The highest BCUT2D eigenvalue weighted by molar-refractivity contribution is 7.07. The summed E-state index contributed by atoms with van der Waals surface area (Å²) >= 11 is 1.77. The standard InChI is InChI=1S/C10H17NS/c1-8(2)6-10(11-3)9-4-5-12-7-9/h4-5,7-8,10-11H,6H2,1-3H3. The summed E-state index contributed by atoms with van der Waals surface area (Å²) in [7, 11) is 2.03. The molecule has 1 nitrogen and oxygen atoms in total. The number of hydrogen-bond donors (Lipinski definition) is 1. The number of rotatable bonds is 4. The van der Waals surface area contributed by atoms with Crippen molar-refractivity contribution in [2.75, 3.05) is 7.05 Å². The first-order valence-electron chi connectivity index (χ1n) is 4.43. The molecular weight excluding hydrogens is 166 g/mol. The Morgan fingerprint density at radius 2 is 2.25 bits per heavy atom. The second-order valence-electron chi connectivity index (χ2n) is 3.53. The molecule has 0 aliphatic heterocycles. The molecule has 1 aromatic heterocycles. The molecular formula is C10H17NS. The van der Waals surface area contributed by atoms with Crippen LogP contribution in [0.2, 0.25) is 0 Å². The van der Waals surface area contributed by atoms with Gasteiger partial charge in [-0.2, -0.15) is 11.3 Å². The zero-order valence-electron chi connectivity index (χ0n) is 8.00. The van der Waals surface area contributed by atoms with Gasteiger partial charge in [0.05, 0.1) is 0 Å². The van der Waals surface area contributed by atoms with Crippen LogP contribution in [0, 0.1) is 5.92 Å². The molecule has 1 rings (SSSR count). The summed E-state index contributed by atoms with van der Waals surface area (Å²) in [6.45, 7) is 4.52. The molecule has 12 heavy (non-hydrogen) atoms. The van der Waals surface area contributed by atoms with E-state index in [1.54, 1.807) is 11.3 Å². The normalized spacial score (nSPS) is 13.7. The molecule has 1 heterocycles. The Labute approximate surface area is 78.8 Å². The summed E-state index contributed by atoms with van der Waals surface area (Å²) in [5, 5.41) is 7.71. The predicted molar refractivity (Wildman–Crippen MR) is 55.6 cm³/mol. The van der Waals surface area contributed by atoms with Crippen LogP contribution < -0.4 is 5.32 Å². The highest BCUT2D eigenvalue weighted by Crippen LogP contribution is 2.22. The van der Waals surface area contributed by atoms with E-state index in [2.05, 4.69) is 36.0 Å². The van der Waals surface area contributed by atoms with Crippen molar-refractivity contribution in [1.82, 2.24) is 5.32 Å². The quantitative estimate of drug-likeness (QED) is 0.756. The van der Waals surface area contributed by atoms with E-state index >= 15 is 0 Å². The molecule has 1 N–H and O–H groups in total. The molecule has 68 valence electrons. The maximum absolute atomic E-state index is 3.34. The van der Waals surface area contributed by atoms with E-state index in [-0.39, 0.29) is 0 Å². The largest absolute Gasteiger partial charge is 0.313 e. The van der Waals surface area contributed by atoms with Crippen molar-refractivity contribution < 1.29 is 0 Å². The van der Waals surface area contributed by atoms with Gasteiger partial charge in [0.15, 0.2) is 0 Å². The van der Waals surface area contributed by atoms with Crippen LogP contribution in [-0.2, 0) is 0 Å². The second kappa shape index (κ2) is 4.63. The van der Waals surface area contributed by atoms with E-state index in [0.29, 0.717) is 6.04 Å². The lowest BCUT2D eigenvalue weighted by atomic mass is 9.99. The number of hydrogen-bond acceptors (Lipinski definition) is 2. The Morgan fingerprint density at radius 1 is 1.50 bits per heavy atom. The van der Waals surface area contributed by atoms with E-state index in [1.165, 1.54) is 12.0 Å². The second-order valence-corrected chi connectivity index (χ2v) is 4.31. The summed E-state index contributed by atoms with van der Waals surface area (Å²) in [6, 6.07) is 2.74. The van der Waals surface area contributed by atoms with Gasteiger partial charge in [-0.25, -0.2) is 0 Å². The molecule has 0 bridgehead atoms. The molecule has 0 aliphatic rings. The van der Waals surface area contributed by atoms with Crippen molar-refractivity contribution in [3.05, 3.63) is 22.4 Å². The minimum absolute atomic E-state index is 0.538. The molecule has 1 unspecified atom stereocenters. The fraction of sp³-hybridized carbons (Fsp3) is 0.600. The van der Waals surface area contributed by atoms with Gasteiger partial charge in [-0.05, 0) is 41.8 Å². The SMILES string of the molecule is CNC(CC(C)C)c1ccsc1. The molecule has 2 heteroatoms. The van der Waals surface area contributed by atoms with Crippen LogP contribution in [0.3, 0.4) is 0 Å². The summed E-state index contributed by atoms with van der Waals surface area (Å²) in [5.74, 6) is 0.752. The molecule has 0 saturated heterocycles. The third-order valence-corrected chi connectivity index (χ3v) is 2.70. The van der Waals surface area contributed by atoms with E-state index < -0.39 is 0 Å². The van der Waals surface area contributed by atoms with Crippen LogP contribution >= 0.6 is 11.3 Å². The van der Waals surface area contributed by atoms with Gasteiger partial charge in [0.25, 0.3) is 0 Å². The van der Waals surface area contributed by atoms with E-state index in [0.717, 1.165) is 5.92 Å². The van der Waals surface area contributed by atoms with Gasteiger partial charge in [0.1, 0.15) is 0 Å². The van der Waals surface area contributed by atoms with Crippen molar-refractivity contribution in [2.45, 2.75) is 26.3 Å². The topological polar surface area (TPSA) is 12.0 Å². The van der Waals surface area contributed by atoms with Gasteiger partial charge in [-0.1, -0.05) is 13.8 Å². The van der Waals surface area contributed by atoms with Gasteiger partial charge in [-0.3, -0.25) is 0 Å². The fourth-order valence-electron chi connectivity index (χ4n) is 1.37. The van der Waals surface area contributed by atoms with E-state index in [9.17, 15) is 0 Å². The van der Waals surface area contributed by atoms with Gasteiger partial charge >= 0.3 is 0 Å². The van der Waals surface area contributed by atoms with Crippen molar-refractivity contribution >= 4 is 11.3 Å². The maximum atomic E-state index is 3.34. The van der Waals surface area contributed by atoms with Crippen LogP contribution in [0.5, 0.6) is 0 Å². The summed E-state index contributed by atoms with van der Waals surface area (Å²) < 4.78 is 0. The Bertz CT molecular complexity index is 204. The van der Waals surface area contributed by atoms with Gasteiger partial charge in [-0.15, -0.1) is 0 Å². The smallest absolute Gasteiger partial charge is 0.0328 e. The van der Waals surface area contributed by atoms with Crippen molar-refractivity contribution in [3.8, 4) is 0 Å². The molecule has 0 aromatic carbocycles. The first-order valence-corrected chi connectivity index (χ1v) is 5.37. The molecule has 0 saturated carbocycles. The first-order chi connectivity index (χ1) is 5.74. The van der Waals surface area contributed by atoms with Gasteiger partial charge in [0, 0.05) is 6.04 Å². The lowest BCUT2D eigenvalue weighted by Gasteiger charge is -2.16. The minimum Gasteiger partial charge on any atom is -0.313 e. The lowest BCUT2D eigenvalue weighted by Crippen LogP contribution is -2.17. The highest BCUT2D eigenvalue weighted by Gasteiger charge is 2.10. The maximum Gasteiger partial charge on any atom is 0.0328 e. The molecule has 0 amide bonds. The summed E-state index contributed by atoms with van der Waals surface area (Å²) in [5.41, 5.74) is 1.43. The lowest BCUT2D eigenvalue weighted by molar-refractivity contribution is 0.457. The molecule has 1 aromatic rings. The Morgan fingerprint density at radius 3 is 2.67 bits per heavy atom. The van der Waals surface area contributed by atoms with Gasteiger partial charge in [0.2, 0.25) is 0 Å². The summed E-state index contributed by atoms with van der Waals surface area (Å²) in [4.78, 5) is 0. The monoisotopic (exact) mass is 183 g/mol. The Kier molecular flexibility index (Phi) is 3.76. The highest BCUT2D eigenvalue weighted by atomic mass is 32.1. The average Bonchev–Trinajstić information content (AvgIpc) is 2.51. The molecule has 1 atom stereocenters. The number of thiophene rings is 1. The third-order valence-electron chi connectivity index (χ3n) is 2.00. The van der Waals surface area contributed by atoms with Crippen molar-refractivity contribution in [1.29, 1.82) is 0 Å². The third kappa shape index (κ3) is 2.61. The number of nitrogens with one attached hydrogen (secondary N) is 1. The van der Waals surface area contributed by atoms with Crippen LogP contribution in [0.1, 0.15) is 31.9 Å². The fourth-order valence-corrected chi connectivity index (χ4v) is 2.08. The van der Waals surface area contributed by atoms with Crippen LogP contribution in [0.15, 0.2) is 16.8 Å². The Balaban J connectivity index is 2.57. The Hall–Kier alpha value is -0.340. The molecule has 0 aliphatic carbocycles. The van der Waals surface area contributed by atoms with Crippen LogP contribution in [0.25, 0.3) is 0 Å². The van der Waals surface area contributed by atoms with Crippen molar-refractivity contribution in [2.24, 2.45) is 5.92 Å². The van der Waals surface area contributed by atoms with Gasteiger partial charge < -0.3 is 5.32 Å². The van der Waals surface area contributed by atoms with Crippen molar-refractivity contribution in [3.63, 3.8) is 0 Å².